The Morgan fingerprint density at radius 2 is 1.31 bits per heavy atom. The highest BCUT2D eigenvalue weighted by Gasteiger charge is 2.31. The molecule has 0 heterocycles. The summed E-state index contributed by atoms with van der Waals surface area (Å²) in [7, 11) is -2.10. The molecule has 11 nitrogen and oxygen atoms in total. The van der Waals surface area contributed by atoms with E-state index in [2.05, 4.69) is 0 Å². The van der Waals surface area contributed by atoms with Crippen molar-refractivity contribution in [3.63, 3.8) is 0 Å². The van der Waals surface area contributed by atoms with E-state index in [4.69, 9.17) is 29.1 Å². The lowest BCUT2D eigenvalue weighted by Gasteiger charge is -2.21. The molecule has 0 saturated carbocycles. The maximum atomic E-state index is 12.7. The molecule has 1 amide bonds. The smallest absolute Gasteiger partial charge is 0.358 e. The van der Waals surface area contributed by atoms with Gasteiger partial charge in [0.2, 0.25) is 5.91 Å². The van der Waals surface area contributed by atoms with Crippen LogP contribution < -0.4 is 5.73 Å². The minimum atomic E-state index is -3.49. The van der Waals surface area contributed by atoms with E-state index < -0.39 is 31.8 Å². The number of amides is 1. The SMILES string of the molecule is CCOC(=O)c1c2ccc(CC(=O)N(C)OCP(=O)(OCC)OCC)ccc-2c(C(=O)OCC)c1N. The monoisotopic (exact) mass is 524 g/mol. The van der Waals surface area contributed by atoms with Crippen molar-refractivity contribution in [2.24, 2.45) is 0 Å². The predicted molar refractivity (Wildman–Crippen MR) is 133 cm³/mol. The molecule has 0 aromatic carbocycles. The third-order valence-electron chi connectivity index (χ3n) is 5.02. The zero-order valence-corrected chi connectivity index (χ0v) is 22.1. The van der Waals surface area contributed by atoms with Gasteiger partial charge in [-0.15, -0.1) is 0 Å². The summed E-state index contributed by atoms with van der Waals surface area (Å²) in [4.78, 5) is 43.2. The largest absolute Gasteiger partial charge is 0.462 e. The third kappa shape index (κ3) is 7.04. The van der Waals surface area contributed by atoms with Crippen LogP contribution in [0.2, 0.25) is 0 Å². The lowest BCUT2D eigenvalue weighted by molar-refractivity contribution is -0.172. The highest BCUT2D eigenvalue weighted by atomic mass is 31.2. The van der Waals surface area contributed by atoms with Crippen molar-refractivity contribution >= 4 is 31.1 Å². The van der Waals surface area contributed by atoms with Crippen LogP contribution in [0, 0.1) is 0 Å². The molecule has 0 fully saturated rings. The number of nitrogen functional groups attached to an aromatic ring is 1. The number of fused-ring (bicyclic) bond motifs is 1. The summed E-state index contributed by atoms with van der Waals surface area (Å²) >= 11 is 0. The number of ether oxygens (including phenoxy) is 2. The van der Waals surface area contributed by atoms with Gasteiger partial charge in [0.25, 0.3) is 0 Å². The molecule has 0 aliphatic heterocycles. The molecule has 12 heteroatoms. The van der Waals surface area contributed by atoms with Crippen LogP contribution in [0.3, 0.4) is 0 Å². The van der Waals surface area contributed by atoms with Gasteiger partial charge in [-0.2, -0.15) is 0 Å². The first kappa shape index (κ1) is 29.3. The fraction of sp³-hybridized carbons (Fsp3) is 0.458. The van der Waals surface area contributed by atoms with E-state index in [0.717, 1.165) is 5.06 Å². The quantitative estimate of drug-likeness (QED) is 0.233. The van der Waals surface area contributed by atoms with Crippen LogP contribution in [-0.2, 0) is 39.1 Å². The Hall–Kier alpha value is -2.98. The highest BCUT2D eigenvalue weighted by Crippen LogP contribution is 2.48. The van der Waals surface area contributed by atoms with Gasteiger partial charge in [-0.3, -0.25) is 14.2 Å². The van der Waals surface area contributed by atoms with Crippen LogP contribution in [0.1, 0.15) is 54.0 Å². The van der Waals surface area contributed by atoms with Crippen LogP contribution >= 0.6 is 7.60 Å². The number of rotatable bonds is 13. The second-order valence-electron chi connectivity index (χ2n) is 7.45. The summed E-state index contributed by atoms with van der Waals surface area (Å²) in [5.74, 6) is -1.77. The number of anilines is 1. The first-order valence-electron chi connectivity index (χ1n) is 11.6. The third-order valence-corrected chi connectivity index (χ3v) is 6.76. The molecule has 2 rings (SSSR count). The van der Waals surface area contributed by atoms with Crippen molar-refractivity contribution in [3.05, 3.63) is 41.0 Å². The molecule has 2 N–H and O–H groups in total. The van der Waals surface area contributed by atoms with Gasteiger partial charge in [0, 0.05) is 7.05 Å². The minimum absolute atomic E-state index is 0.0214. The lowest BCUT2D eigenvalue weighted by atomic mass is 10.1. The molecular weight excluding hydrogens is 491 g/mol. The zero-order chi connectivity index (χ0) is 26.9. The number of hydrogen-bond donors (Lipinski definition) is 1. The van der Waals surface area contributed by atoms with Gasteiger partial charge in [0.15, 0.2) is 6.35 Å². The zero-order valence-electron chi connectivity index (χ0n) is 21.2. The van der Waals surface area contributed by atoms with E-state index in [1.54, 1.807) is 52.0 Å². The molecule has 0 aromatic heterocycles. The van der Waals surface area contributed by atoms with E-state index in [1.807, 2.05) is 0 Å². The predicted octanol–water partition coefficient (Wildman–Crippen LogP) is 3.88. The number of likely N-dealkylation sites (N-methyl/N-ethyl adjacent to an activating group) is 1. The van der Waals surface area contributed by atoms with Crippen LogP contribution in [-0.4, -0.2) is 62.7 Å². The average molecular weight is 525 g/mol. The molecule has 0 radical (unpaired) electrons. The minimum Gasteiger partial charge on any atom is -0.462 e. The number of esters is 2. The molecular formula is C24H33N2O9P. The molecule has 198 valence electrons. The lowest BCUT2D eigenvalue weighted by Crippen LogP contribution is -2.29. The summed E-state index contributed by atoms with van der Waals surface area (Å²) in [6.45, 7) is 7.27. The second kappa shape index (κ2) is 13.4. The number of hydroxylamine groups is 2. The molecule has 0 saturated heterocycles. The molecule has 2 aliphatic rings. The fourth-order valence-corrected chi connectivity index (χ4v) is 4.78. The Morgan fingerprint density at radius 1 is 0.833 bits per heavy atom. The molecule has 0 spiro atoms. The van der Waals surface area contributed by atoms with Crippen molar-refractivity contribution in [1.82, 2.24) is 5.06 Å². The second-order valence-corrected chi connectivity index (χ2v) is 9.44. The van der Waals surface area contributed by atoms with E-state index >= 15 is 0 Å². The summed E-state index contributed by atoms with van der Waals surface area (Å²) in [6.07, 6.45) is -0.501. The molecule has 2 aliphatic carbocycles. The van der Waals surface area contributed by atoms with Crippen LogP contribution in [0.4, 0.5) is 5.69 Å². The number of carbonyl (C=O) groups is 3. The normalized spacial score (nSPS) is 11.4. The summed E-state index contributed by atoms with van der Waals surface area (Å²) in [5.41, 5.74) is 7.62. The molecule has 36 heavy (non-hydrogen) atoms. The van der Waals surface area contributed by atoms with Gasteiger partial charge in [-0.05, 0) is 44.4 Å². The molecule has 0 unspecified atom stereocenters. The number of carbonyl (C=O) groups excluding carboxylic acids is 3. The average Bonchev–Trinajstić information content (AvgIpc) is 2.96. The van der Waals surface area contributed by atoms with Gasteiger partial charge in [-0.1, -0.05) is 24.3 Å². The standard InChI is InChI=1S/C24H33N2O9P/c1-6-31-23(28)20-17-12-10-16(11-13-18(17)21(22(20)25)24(29)32-7-2)14-19(27)26(5)33-15-36(30,34-8-3)35-9-4/h10-13H,6-9,14-15,25H2,1-5H3. The van der Waals surface area contributed by atoms with Crippen molar-refractivity contribution in [2.45, 2.75) is 34.1 Å². The summed E-state index contributed by atoms with van der Waals surface area (Å²) < 4.78 is 33.1. The Bertz CT molecular complexity index is 1040. The van der Waals surface area contributed by atoms with Crippen LogP contribution in [0.5, 0.6) is 0 Å². The van der Waals surface area contributed by atoms with E-state index in [9.17, 15) is 18.9 Å². The Kier molecular flexibility index (Phi) is 10.9. The van der Waals surface area contributed by atoms with Gasteiger partial charge >= 0.3 is 19.5 Å². The van der Waals surface area contributed by atoms with Crippen LogP contribution in [0.25, 0.3) is 11.1 Å². The van der Waals surface area contributed by atoms with Crippen LogP contribution in [0.15, 0.2) is 24.3 Å². The van der Waals surface area contributed by atoms with Crippen molar-refractivity contribution < 1.29 is 42.3 Å². The van der Waals surface area contributed by atoms with Crippen molar-refractivity contribution in [2.75, 3.05) is 45.6 Å². The van der Waals surface area contributed by atoms with Gasteiger partial charge < -0.3 is 24.3 Å². The number of hydrogen-bond acceptors (Lipinski definition) is 10. The number of nitrogens with two attached hydrogens (primary N) is 1. The number of nitrogens with zero attached hydrogens (tertiary/aromatic N) is 1. The summed E-state index contributed by atoms with van der Waals surface area (Å²) in [5, 5.41) is 0.962. The summed E-state index contributed by atoms with van der Waals surface area (Å²) in [6, 6.07) is 6.47. The Morgan fingerprint density at radius 3 is 1.72 bits per heavy atom. The van der Waals surface area contributed by atoms with Gasteiger partial charge in [0.1, 0.15) is 0 Å². The van der Waals surface area contributed by atoms with E-state index in [-0.39, 0.29) is 49.7 Å². The first-order chi connectivity index (χ1) is 17.1. The Labute approximate surface area is 210 Å². The highest BCUT2D eigenvalue weighted by molar-refractivity contribution is 7.53. The Balaban J connectivity index is 2.32. The van der Waals surface area contributed by atoms with Crippen molar-refractivity contribution in [3.8, 4) is 11.1 Å². The van der Waals surface area contributed by atoms with Crippen molar-refractivity contribution in [1.29, 1.82) is 0 Å². The molecule has 0 bridgehead atoms. The van der Waals surface area contributed by atoms with E-state index in [1.165, 1.54) is 7.05 Å². The van der Waals surface area contributed by atoms with E-state index in [0.29, 0.717) is 16.7 Å². The molecule has 0 aromatic rings. The molecule has 0 atom stereocenters. The maximum absolute atomic E-state index is 12.7. The fourth-order valence-electron chi connectivity index (χ4n) is 3.45. The first-order valence-corrected chi connectivity index (χ1v) is 13.3. The topological polar surface area (TPSA) is 144 Å². The van der Waals surface area contributed by atoms with Gasteiger partial charge in [-0.25, -0.2) is 14.7 Å². The maximum Gasteiger partial charge on any atom is 0.358 e. The van der Waals surface area contributed by atoms with Gasteiger partial charge in [0.05, 0.1) is 49.7 Å².